The fraction of sp³-hybridized carbons (Fsp3) is 0.500. The number of hydrogen-bond acceptors (Lipinski definition) is 2. The van der Waals surface area contributed by atoms with Crippen molar-refractivity contribution >= 4 is 15.9 Å². The lowest BCUT2D eigenvalue weighted by molar-refractivity contribution is 0.155. The summed E-state index contributed by atoms with van der Waals surface area (Å²) < 4.78 is 0.874. The summed E-state index contributed by atoms with van der Waals surface area (Å²) in [5.74, 6) is 0.725. The zero-order valence-corrected chi connectivity index (χ0v) is 10.7. The Bertz CT molecular complexity index is 323. The first-order chi connectivity index (χ1) is 7.00. The Hall–Kier alpha value is -0.540. The topological polar surface area (TPSA) is 40.5 Å². The summed E-state index contributed by atoms with van der Waals surface area (Å²) in [4.78, 5) is 0. The van der Waals surface area contributed by atoms with Crippen LogP contribution in [0.1, 0.15) is 38.4 Å². The van der Waals surface area contributed by atoms with Gasteiger partial charge in [-0.2, -0.15) is 0 Å². The molecule has 1 atom stereocenters. The summed E-state index contributed by atoms with van der Waals surface area (Å²) in [6.45, 7) is 4.24. The highest BCUT2D eigenvalue weighted by Gasteiger charge is 2.13. The zero-order chi connectivity index (χ0) is 11.4. The normalized spacial score (nSPS) is 13.1. The first kappa shape index (κ1) is 12.5. The molecular weight excluding hydrogens is 256 g/mol. The Balaban J connectivity index is 2.72. The van der Waals surface area contributed by atoms with Gasteiger partial charge in [0.25, 0.3) is 0 Å². The van der Waals surface area contributed by atoms with E-state index in [0.29, 0.717) is 17.9 Å². The average molecular weight is 273 g/mol. The molecule has 0 aliphatic carbocycles. The van der Waals surface area contributed by atoms with Gasteiger partial charge in [-0.25, -0.2) is 0 Å². The van der Waals surface area contributed by atoms with Gasteiger partial charge in [0.2, 0.25) is 0 Å². The summed E-state index contributed by atoms with van der Waals surface area (Å²) in [5.41, 5.74) is 0.602. The second-order valence-electron chi connectivity index (χ2n) is 4.19. The Kier molecular flexibility index (Phi) is 4.61. The summed E-state index contributed by atoms with van der Waals surface area (Å²) in [6.07, 6.45) is 1.05. The molecule has 1 aromatic rings. The van der Waals surface area contributed by atoms with Gasteiger partial charge < -0.3 is 10.2 Å². The molecule has 0 amide bonds. The molecule has 1 unspecified atom stereocenters. The number of aliphatic hydroxyl groups is 1. The van der Waals surface area contributed by atoms with Gasteiger partial charge >= 0.3 is 0 Å². The fourth-order valence-corrected chi connectivity index (χ4v) is 1.82. The molecule has 0 aliphatic rings. The van der Waals surface area contributed by atoms with Gasteiger partial charge in [0, 0.05) is 10.0 Å². The first-order valence-corrected chi connectivity index (χ1v) is 5.96. The SMILES string of the molecule is CC(C)CCC(O)c1cc(Br)ccc1O. The summed E-state index contributed by atoms with van der Waals surface area (Å²) in [5, 5.41) is 19.5. The van der Waals surface area contributed by atoms with E-state index in [4.69, 9.17) is 0 Å². The Morgan fingerprint density at radius 2 is 1.93 bits per heavy atom. The van der Waals surface area contributed by atoms with Crippen LogP contribution in [0.5, 0.6) is 5.75 Å². The van der Waals surface area contributed by atoms with Crippen LogP contribution in [0.4, 0.5) is 0 Å². The van der Waals surface area contributed by atoms with Crippen molar-refractivity contribution < 1.29 is 10.2 Å². The van der Waals surface area contributed by atoms with Crippen LogP contribution in [0.3, 0.4) is 0 Å². The second-order valence-corrected chi connectivity index (χ2v) is 5.11. The van der Waals surface area contributed by atoms with Gasteiger partial charge in [0.05, 0.1) is 6.10 Å². The van der Waals surface area contributed by atoms with Crippen LogP contribution in [0, 0.1) is 5.92 Å². The molecule has 0 heterocycles. The Morgan fingerprint density at radius 1 is 1.27 bits per heavy atom. The smallest absolute Gasteiger partial charge is 0.121 e. The monoisotopic (exact) mass is 272 g/mol. The summed E-state index contributed by atoms with van der Waals surface area (Å²) in [7, 11) is 0. The minimum absolute atomic E-state index is 0.162. The minimum Gasteiger partial charge on any atom is -0.508 e. The van der Waals surface area contributed by atoms with Crippen LogP contribution in [0.25, 0.3) is 0 Å². The lowest BCUT2D eigenvalue weighted by Crippen LogP contribution is -2.00. The highest BCUT2D eigenvalue weighted by atomic mass is 79.9. The highest BCUT2D eigenvalue weighted by Crippen LogP contribution is 2.30. The van der Waals surface area contributed by atoms with Crippen LogP contribution in [-0.2, 0) is 0 Å². The van der Waals surface area contributed by atoms with E-state index >= 15 is 0 Å². The van der Waals surface area contributed by atoms with Gasteiger partial charge in [-0.3, -0.25) is 0 Å². The molecule has 0 aromatic heterocycles. The van der Waals surface area contributed by atoms with Crippen LogP contribution in [0.15, 0.2) is 22.7 Å². The first-order valence-electron chi connectivity index (χ1n) is 5.17. The molecule has 2 nitrogen and oxygen atoms in total. The number of hydrogen-bond donors (Lipinski definition) is 2. The number of phenols is 1. The number of aromatic hydroxyl groups is 1. The van der Waals surface area contributed by atoms with E-state index in [1.807, 2.05) is 0 Å². The third-order valence-corrected chi connectivity index (χ3v) is 2.86. The maximum absolute atomic E-state index is 9.89. The highest BCUT2D eigenvalue weighted by molar-refractivity contribution is 9.10. The molecule has 0 bridgehead atoms. The molecule has 0 saturated carbocycles. The van der Waals surface area contributed by atoms with Crippen molar-refractivity contribution in [2.24, 2.45) is 5.92 Å². The molecule has 84 valence electrons. The van der Waals surface area contributed by atoms with E-state index in [2.05, 4.69) is 29.8 Å². The van der Waals surface area contributed by atoms with Crippen LogP contribution in [-0.4, -0.2) is 10.2 Å². The molecule has 2 N–H and O–H groups in total. The van der Waals surface area contributed by atoms with Crippen molar-refractivity contribution in [1.82, 2.24) is 0 Å². The lowest BCUT2D eigenvalue weighted by atomic mass is 9.99. The van der Waals surface area contributed by atoms with Crippen molar-refractivity contribution in [3.05, 3.63) is 28.2 Å². The standard InChI is InChI=1S/C12H17BrO2/c1-8(2)3-5-11(14)10-7-9(13)4-6-12(10)15/h4,6-8,11,14-15H,3,5H2,1-2H3. The van der Waals surface area contributed by atoms with E-state index in [0.717, 1.165) is 10.9 Å². The number of halogens is 1. The van der Waals surface area contributed by atoms with Crippen LogP contribution >= 0.6 is 15.9 Å². The number of rotatable bonds is 4. The van der Waals surface area contributed by atoms with Crippen molar-refractivity contribution in [2.75, 3.05) is 0 Å². The van der Waals surface area contributed by atoms with E-state index in [1.54, 1.807) is 18.2 Å². The largest absolute Gasteiger partial charge is 0.508 e. The second kappa shape index (κ2) is 5.52. The maximum Gasteiger partial charge on any atom is 0.121 e. The quantitative estimate of drug-likeness (QED) is 0.879. The van der Waals surface area contributed by atoms with E-state index in [-0.39, 0.29) is 5.75 Å². The molecule has 0 spiro atoms. The third kappa shape index (κ3) is 3.84. The molecule has 1 aromatic carbocycles. The molecular formula is C12H17BrO2. The minimum atomic E-state index is -0.579. The van der Waals surface area contributed by atoms with E-state index < -0.39 is 6.10 Å². The predicted molar refractivity (Wildman–Crippen MR) is 64.8 cm³/mol. The molecule has 15 heavy (non-hydrogen) atoms. The molecule has 1 rings (SSSR count). The summed E-state index contributed by atoms with van der Waals surface area (Å²) in [6, 6.07) is 5.12. The maximum atomic E-state index is 9.89. The van der Waals surface area contributed by atoms with E-state index in [9.17, 15) is 10.2 Å². The van der Waals surface area contributed by atoms with Gasteiger partial charge in [0.15, 0.2) is 0 Å². The van der Waals surface area contributed by atoms with Gasteiger partial charge in [-0.1, -0.05) is 29.8 Å². The average Bonchev–Trinajstić information content (AvgIpc) is 2.18. The predicted octanol–water partition coefficient (Wildman–Crippen LogP) is 3.62. The molecule has 0 saturated heterocycles. The summed E-state index contributed by atoms with van der Waals surface area (Å²) >= 11 is 3.32. The van der Waals surface area contributed by atoms with E-state index in [1.165, 1.54) is 0 Å². The van der Waals surface area contributed by atoms with Crippen LogP contribution < -0.4 is 0 Å². The van der Waals surface area contributed by atoms with Crippen molar-refractivity contribution in [3.63, 3.8) is 0 Å². The van der Waals surface area contributed by atoms with Crippen LogP contribution in [0.2, 0.25) is 0 Å². The number of aliphatic hydroxyl groups excluding tert-OH is 1. The van der Waals surface area contributed by atoms with Gasteiger partial charge in [-0.05, 0) is 37.0 Å². The third-order valence-electron chi connectivity index (χ3n) is 2.37. The number of phenolic OH excluding ortho intramolecular Hbond substituents is 1. The molecule has 3 heteroatoms. The molecule has 0 radical (unpaired) electrons. The number of benzene rings is 1. The van der Waals surface area contributed by atoms with Crippen molar-refractivity contribution in [3.8, 4) is 5.75 Å². The van der Waals surface area contributed by atoms with Crippen molar-refractivity contribution in [1.29, 1.82) is 0 Å². The lowest BCUT2D eigenvalue weighted by Gasteiger charge is -2.14. The Morgan fingerprint density at radius 3 is 2.53 bits per heavy atom. The van der Waals surface area contributed by atoms with Crippen molar-refractivity contribution in [2.45, 2.75) is 32.8 Å². The fourth-order valence-electron chi connectivity index (χ4n) is 1.44. The zero-order valence-electron chi connectivity index (χ0n) is 9.07. The molecule has 0 fully saturated rings. The van der Waals surface area contributed by atoms with Gasteiger partial charge in [-0.15, -0.1) is 0 Å². The molecule has 0 aliphatic heterocycles. The van der Waals surface area contributed by atoms with Gasteiger partial charge in [0.1, 0.15) is 5.75 Å². The Labute approximate surface area is 99.1 Å².